The topological polar surface area (TPSA) is 322 Å². The smallest absolute Gasteiger partial charge is 0.338 e. The zero-order chi connectivity index (χ0) is 105. The molecular weight excluding hydrogens is 1810 g/mol. The first kappa shape index (κ1) is 123. The van der Waals surface area contributed by atoms with E-state index in [1.54, 1.807) is 19.9 Å². The van der Waals surface area contributed by atoms with Crippen LogP contribution in [0, 0.1) is 22.5 Å². The van der Waals surface area contributed by atoms with E-state index in [9.17, 15) is 59.1 Å². The quantitative estimate of drug-likeness (QED) is 0.0102. The third kappa shape index (κ3) is 44.0. The standard InChI is InChI=1S/C43H58O9.C38H52F2O9.C36H54O5/c1-9-11-12-13-14-16-33-18-20-35(21-19-33)37-26-36(17-15-23-49-39(45)30(3)4)38(25-34(37)10-2)42(48)50-24-22-43(27-44,28-51-40(46)31(5)6)29-52-41(47)32(7)8;1-7-8-9-10-11-12-13-14-17-47-35-31(39)20-28(21-32(35)40)30-19-29(23-48-36(42)26(2)3)33(22-34(30)45-6)46-18-15-16-38(44,24-41)25-49-37(43)27(4)5;1-6-9-10-11-12-13-14-16-29-18-20-31(21-19-29)33-23-32(17-15-22-40-35(39)28(4)5)34(24-30(33)7-2)41-27-36(8-3,25-37)26-38/h18-21,25-26,44H,3,5,7,9-17,22-24,27-29H2,1-2,4,6,8H3;19-22,41,44H,2,4,7-18,23-25H2,1,3,5-6H3;18-21,23-24,37-38H,4,6-17,22,25-27H2,1-3,5H3. The number of benzene rings is 6. The van der Waals surface area contributed by atoms with Crippen LogP contribution in [-0.2, 0) is 107 Å². The zero-order valence-corrected chi connectivity index (χ0v) is 87.3. The van der Waals surface area contributed by atoms with E-state index in [1.807, 2.05) is 26.0 Å². The highest BCUT2D eigenvalue weighted by molar-refractivity contribution is 5.93. The Morgan fingerprint density at radius 1 is 0.331 bits per heavy atom. The fourth-order valence-electron chi connectivity index (χ4n) is 15.3. The highest BCUT2D eigenvalue weighted by atomic mass is 19.1. The Hall–Kier alpha value is -11.1. The van der Waals surface area contributed by atoms with E-state index in [2.05, 4.69) is 128 Å². The third-order valence-corrected chi connectivity index (χ3v) is 24.8. The molecule has 0 spiro atoms. The van der Waals surface area contributed by atoms with Crippen LogP contribution in [0.5, 0.6) is 23.0 Å². The predicted octanol–water partition coefficient (Wildman–Crippen LogP) is 24.0. The number of aryl methyl sites for hydroxylation is 6. The lowest BCUT2D eigenvalue weighted by atomic mass is 9.87. The average Bonchev–Trinajstić information content (AvgIpc) is 0.787. The Kier molecular flexibility index (Phi) is 58.5. The Labute approximate surface area is 844 Å². The van der Waals surface area contributed by atoms with Crippen molar-refractivity contribution in [2.24, 2.45) is 10.8 Å². The lowest BCUT2D eigenvalue weighted by Crippen LogP contribution is -2.39. The number of hydrogen-bond acceptors (Lipinski definition) is 23. The molecule has 0 fully saturated rings. The molecule has 0 aliphatic carbocycles. The van der Waals surface area contributed by atoms with Crippen LogP contribution in [0.1, 0.15) is 299 Å². The minimum absolute atomic E-state index is 0.0220. The van der Waals surface area contributed by atoms with E-state index >= 15 is 8.78 Å². The van der Waals surface area contributed by atoms with Gasteiger partial charge in [0.1, 0.15) is 49.3 Å². The SMILES string of the molecule is C=C(C)C(=O)OCCCc1cc(-c2ccc(CCCCCCC)cc2)c(CC)cc1C(=O)OCCC(CO)(COC(=O)C(=C)C)COC(=O)C(=C)C.C=C(C)C(=O)OCCCc1cc(-c2ccc(CCCCCCCCC)cc2)c(CC)cc1OCC(CC)(CO)CO.C=C(C)C(=O)OCc1cc(-c2cc(F)c(OCCCCCCCCCC)c(F)c2)c(OC)cc1OCCCC(O)(CO)COC(=O)C(=C)C. The van der Waals surface area contributed by atoms with Crippen LogP contribution in [0.4, 0.5) is 8.78 Å². The summed E-state index contributed by atoms with van der Waals surface area (Å²) in [4.78, 5) is 85.8. The number of carbonyl (C=O) groups excluding carboxylic acids is 7. The summed E-state index contributed by atoms with van der Waals surface area (Å²) >= 11 is 0. The molecule has 0 heterocycles. The molecule has 0 aromatic heterocycles. The molecule has 6 rings (SSSR count). The number of carbonyl (C=O) groups is 7. The van der Waals surface area contributed by atoms with Gasteiger partial charge in [-0.25, -0.2) is 42.3 Å². The van der Waals surface area contributed by atoms with Gasteiger partial charge in [-0.05, 0) is 235 Å². The fourth-order valence-corrected chi connectivity index (χ4v) is 15.3. The molecule has 5 N–H and O–H groups in total. The van der Waals surface area contributed by atoms with Crippen LogP contribution in [0.25, 0.3) is 33.4 Å². The summed E-state index contributed by atoms with van der Waals surface area (Å²) in [5, 5.41) is 50.6. The van der Waals surface area contributed by atoms with Gasteiger partial charge in [0.15, 0.2) is 17.4 Å². The Bertz CT molecular complexity index is 4920. The summed E-state index contributed by atoms with van der Waals surface area (Å²) in [7, 11) is 1.39. The minimum atomic E-state index is -1.70. The first-order valence-corrected chi connectivity index (χ1v) is 50.8. The number of unbranched alkanes of at least 4 members (excludes halogenated alkanes) is 17. The Morgan fingerprint density at radius 3 is 1.17 bits per heavy atom. The molecule has 1 atom stereocenters. The number of hydrogen-bond donors (Lipinski definition) is 5. The maximum absolute atomic E-state index is 15.2. The van der Waals surface area contributed by atoms with E-state index in [1.165, 1.54) is 165 Å². The maximum atomic E-state index is 15.2. The largest absolute Gasteiger partial charge is 0.496 e. The average molecular weight is 1980 g/mol. The van der Waals surface area contributed by atoms with Crippen LogP contribution in [0.3, 0.4) is 0 Å². The van der Waals surface area contributed by atoms with Crippen molar-refractivity contribution in [1.82, 2.24) is 0 Å². The number of aliphatic hydroxyl groups is 5. The second-order valence-corrected chi connectivity index (χ2v) is 37.5. The number of halogens is 2. The van der Waals surface area contributed by atoms with Gasteiger partial charge in [-0.1, -0.05) is 245 Å². The van der Waals surface area contributed by atoms with E-state index in [0.717, 1.165) is 90.6 Å². The maximum Gasteiger partial charge on any atom is 0.338 e. The summed E-state index contributed by atoms with van der Waals surface area (Å²) < 4.78 is 91.1. The first-order valence-electron chi connectivity index (χ1n) is 50.8. The normalized spacial score (nSPS) is 11.5. The van der Waals surface area contributed by atoms with E-state index in [4.69, 9.17) is 52.1 Å². The van der Waals surface area contributed by atoms with Gasteiger partial charge in [-0.15, -0.1) is 0 Å². The molecule has 0 aliphatic rings. The van der Waals surface area contributed by atoms with Gasteiger partial charge >= 0.3 is 41.8 Å². The molecule has 6 aromatic carbocycles. The van der Waals surface area contributed by atoms with Gasteiger partial charge in [-0.3, -0.25) is 0 Å². The summed E-state index contributed by atoms with van der Waals surface area (Å²) in [5.74, 6) is -5.01. The summed E-state index contributed by atoms with van der Waals surface area (Å²) in [5.41, 5.74) is 10.00. The van der Waals surface area contributed by atoms with Crippen LogP contribution < -0.4 is 18.9 Å². The fraction of sp³-hybridized carbons (Fsp3) is 0.530. The van der Waals surface area contributed by atoms with Crippen molar-refractivity contribution in [3.8, 4) is 56.4 Å². The molecule has 0 radical (unpaired) electrons. The predicted molar refractivity (Wildman–Crippen MR) is 557 cm³/mol. The van der Waals surface area contributed by atoms with Crippen molar-refractivity contribution in [1.29, 1.82) is 0 Å². The molecule has 23 nitrogen and oxygen atoms in total. The number of aliphatic hydroxyl groups excluding tert-OH is 4. The minimum Gasteiger partial charge on any atom is -0.496 e. The molecular formula is C117H164F2O23. The van der Waals surface area contributed by atoms with Crippen molar-refractivity contribution in [3.05, 3.63) is 226 Å². The number of ether oxygens (including phenoxy) is 11. The van der Waals surface area contributed by atoms with Crippen LogP contribution in [0.15, 0.2) is 170 Å². The second-order valence-electron chi connectivity index (χ2n) is 37.5. The molecule has 0 saturated heterocycles. The lowest BCUT2D eigenvalue weighted by Gasteiger charge is -2.30. The highest BCUT2D eigenvalue weighted by Gasteiger charge is 2.36. The molecule has 0 bridgehead atoms. The zero-order valence-electron chi connectivity index (χ0n) is 87.3. The van der Waals surface area contributed by atoms with Crippen LogP contribution in [-0.4, -0.2) is 166 Å². The molecule has 0 saturated carbocycles. The molecule has 25 heteroatoms. The van der Waals surface area contributed by atoms with Crippen LogP contribution >= 0.6 is 0 Å². The summed E-state index contributed by atoms with van der Waals surface area (Å²) in [6, 6.07) is 31.1. The molecule has 0 amide bonds. The van der Waals surface area contributed by atoms with E-state index in [-0.39, 0.29) is 131 Å². The molecule has 784 valence electrons. The highest BCUT2D eigenvalue weighted by Crippen LogP contribution is 2.41. The molecule has 0 aliphatic heterocycles. The van der Waals surface area contributed by atoms with Gasteiger partial charge in [0.2, 0.25) is 0 Å². The lowest BCUT2D eigenvalue weighted by molar-refractivity contribution is -0.153. The van der Waals surface area contributed by atoms with Gasteiger partial charge in [0.25, 0.3) is 0 Å². The van der Waals surface area contributed by atoms with E-state index in [0.29, 0.717) is 79.4 Å². The number of esters is 7. The van der Waals surface area contributed by atoms with Crippen LogP contribution in [0.2, 0.25) is 0 Å². The number of rotatable bonds is 69. The second kappa shape index (κ2) is 67.4. The van der Waals surface area contributed by atoms with Gasteiger partial charge < -0.3 is 77.6 Å². The van der Waals surface area contributed by atoms with Crippen molar-refractivity contribution in [2.75, 3.05) is 93.0 Å². The van der Waals surface area contributed by atoms with Crippen molar-refractivity contribution >= 4 is 41.8 Å². The molecule has 6 aromatic rings. The van der Waals surface area contributed by atoms with Gasteiger partial charge in [0.05, 0.1) is 89.6 Å². The first-order chi connectivity index (χ1) is 67.9. The van der Waals surface area contributed by atoms with Crippen molar-refractivity contribution < 1.29 is 120 Å². The molecule has 1 unspecified atom stereocenters. The van der Waals surface area contributed by atoms with Gasteiger partial charge in [-0.2, -0.15) is 0 Å². The van der Waals surface area contributed by atoms with E-state index < -0.39 is 89.5 Å². The Morgan fingerprint density at radius 2 is 0.732 bits per heavy atom. The summed E-state index contributed by atoms with van der Waals surface area (Å²) in [6.45, 7) is 41.5. The molecule has 142 heavy (non-hydrogen) atoms. The van der Waals surface area contributed by atoms with Crippen molar-refractivity contribution in [3.63, 3.8) is 0 Å². The monoisotopic (exact) mass is 1980 g/mol. The Balaban J connectivity index is 0.000000447. The van der Waals surface area contributed by atoms with Gasteiger partial charge in [0, 0.05) is 50.6 Å². The van der Waals surface area contributed by atoms with Crippen molar-refractivity contribution in [2.45, 2.75) is 301 Å². The number of methoxy groups -OCH3 is 1. The summed E-state index contributed by atoms with van der Waals surface area (Å²) in [6.07, 6.45) is 30.8. The third-order valence-electron chi connectivity index (χ3n) is 24.8.